The highest BCUT2D eigenvalue weighted by Gasteiger charge is 2.17. The number of aromatic hydroxyl groups is 1. The molecule has 0 aliphatic carbocycles. The average Bonchev–Trinajstić information content (AvgIpc) is 2.20. The van der Waals surface area contributed by atoms with E-state index in [-0.39, 0.29) is 11.8 Å². The van der Waals surface area contributed by atoms with Gasteiger partial charge in [0.2, 0.25) is 0 Å². The van der Waals surface area contributed by atoms with Gasteiger partial charge in [-0.2, -0.15) is 0 Å². The molecule has 0 aromatic heterocycles. The van der Waals surface area contributed by atoms with E-state index in [9.17, 15) is 9.90 Å². The molecule has 0 radical (unpaired) electrons. The van der Waals surface area contributed by atoms with Crippen LogP contribution in [0.5, 0.6) is 5.75 Å². The maximum absolute atomic E-state index is 11.4. The zero-order chi connectivity index (χ0) is 9.97. The highest BCUT2D eigenvalue weighted by molar-refractivity contribution is 5.96. The summed E-state index contributed by atoms with van der Waals surface area (Å²) in [7, 11) is 0. The zero-order valence-corrected chi connectivity index (χ0v) is 7.47. The molecule has 1 heterocycles. The minimum Gasteiger partial charge on any atom is -0.506 e. The Bertz CT molecular complexity index is 387. The Morgan fingerprint density at radius 1 is 1.36 bits per heavy atom. The molecule has 1 aliphatic heterocycles. The van der Waals surface area contributed by atoms with Gasteiger partial charge in [-0.1, -0.05) is 12.1 Å². The molecular weight excluding hydrogens is 180 g/mol. The third-order valence-electron chi connectivity index (χ3n) is 1.99. The van der Waals surface area contributed by atoms with Crippen molar-refractivity contribution in [2.45, 2.75) is 0 Å². The molecule has 1 aromatic carbocycles. The SMILES string of the molecule is O=C1NCC=CN1c1ccccc1O. The van der Waals surface area contributed by atoms with Crippen LogP contribution in [0.3, 0.4) is 0 Å². The summed E-state index contributed by atoms with van der Waals surface area (Å²) in [6.07, 6.45) is 3.46. The number of rotatable bonds is 1. The lowest BCUT2D eigenvalue weighted by molar-refractivity contribution is 0.248. The van der Waals surface area contributed by atoms with Crippen LogP contribution in [0.15, 0.2) is 36.5 Å². The number of urea groups is 1. The average molecular weight is 190 g/mol. The summed E-state index contributed by atoms with van der Waals surface area (Å²) in [6.45, 7) is 0.531. The van der Waals surface area contributed by atoms with E-state index in [4.69, 9.17) is 0 Å². The first-order valence-electron chi connectivity index (χ1n) is 4.31. The first-order chi connectivity index (χ1) is 6.79. The van der Waals surface area contributed by atoms with Crippen molar-refractivity contribution in [2.75, 3.05) is 11.4 Å². The van der Waals surface area contributed by atoms with Gasteiger partial charge in [0, 0.05) is 12.7 Å². The molecule has 2 amide bonds. The van der Waals surface area contributed by atoms with Crippen molar-refractivity contribution in [3.63, 3.8) is 0 Å². The van der Waals surface area contributed by atoms with Crippen molar-refractivity contribution in [3.05, 3.63) is 36.5 Å². The fourth-order valence-corrected chi connectivity index (χ4v) is 1.31. The van der Waals surface area contributed by atoms with Crippen molar-refractivity contribution in [3.8, 4) is 5.75 Å². The van der Waals surface area contributed by atoms with Gasteiger partial charge in [-0.3, -0.25) is 4.90 Å². The Morgan fingerprint density at radius 2 is 2.14 bits per heavy atom. The molecule has 0 saturated carbocycles. The summed E-state index contributed by atoms with van der Waals surface area (Å²) in [5, 5.41) is 12.2. The van der Waals surface area contributed by atoms with Crippen LogP contribution in [0.25, 0.3) is 0 Å². The van der Waals surface area contributed by atoms with Crippen LogP contribution in [0.1, 0.15) is 0 Å². The Labute approximate surface area is 81.5 Å². The van der Waals surface area contributed by atoms with Gasteiger partial charge in [0.15, 0.2) is 0 Å². The first-order valence-corrected chi connectivity index (χ1v) is 4.31. The molecule has 4 nitrogen and oxygen atoms in total. The topological polar surface area (TPSA) is 52.6 Å². The Hall–Kier alpha value is -1.97. The van der Waals surface area contributed by atoms with E-state index < -0.39 is 0 Å². The molecule has 72 valence electrons. The second-order valence-electron chi connectivity index (χ2n) is 2.93. The molecule has 4 heteroatoms. The van der Waals surface area contributed by atoms with Gasteiger partial charge >= 0.3 is 6.03 Å². The standard InChI is InChI=1S/C10H10N2O2/c13-9-5-2-1-4-8(9)12-7-3-6-11-10(12)14/h1-5,7,13H,6H2,(H,11,14). The number of hydrogen-bond donors (Lipinski definition) is 2. The number of carbonyl (C=O) groups is 1. The van der Waals surface area contributed by atoms with E-state index in [1.165, 1.54) is 4.90 Å². The van der Waals surface area contributed by atoms with Crippen molar-refractivity contribution in [1.29, 1.82) is 0 Å². The summed E-state index contributed by atoms with van der Waals surface area (Å²) in [5.74, 6) is 0.0919. The van der Waals surface area contributed by atoms with Crippen molar-refractivity contribution in [1.82, 2.24) is 5.32 Å². The largest absolute Gasteiger partial charge is 0.506 e. The maximum Gasteiger partial charge on any atom is 0.326 e. The van der Waals surface area contributed by atoms with E-state index in [0.717, 1.165) is 0 Å². The molecule has 0 saturated heterocycles. The summed E-state index contributed by atoms with van der Waals surface area (Å²) in [6, 6.07) is 6.49. The number of phenols is 1. The third kappa shape index (κ3) is 1.42. The number of nitrogens with one attached hydrogen (secondary N) is 1. The number of benzene rings is 1. The van der Waals surface area contributed by atoms with Crippen LogP contribution in [0.2, 0.25) is 0 Å². The van der Waals surface area contributed by atoms with Crippen LogP contribution in [-0.2, 0) is 0 Å². The Balaban J connectivity index is 2.39. The van der Waals surface area contributed by atoms with Crippen LogP contribution < -0.4 is 10.2 Å². The van der Waals surface area contributed by atoms with Crippen LogP contribution in [-0.4, -0.2) is 17.7 Å². The van der Waals surface area contributed by atoms with Gasteiger partial charge in [-0.05, 0) is 18.2 Å². The molecule has 1 aromatic rings. The van der Waals surface area contributed by atoms with Gasteiger partial charge in [0.05, 0.1) is 5.69 Å². The predicted octanol–water partition coefficient (Wildman–Crippen LogP) is 1.44. The maximum atomic E-state index is 11.4. The third-order valence-corrected chi connectivity index (χ3v) is 1.99. The number of para-hydroxylation sites is 2. The van der Waals surface area contributed by atoms with Crippen LogP contribution >= 0.6 is 0 Å². The fraction of sp³-hybridized carbons (Fsp3) is 0.100. The molecule has 2 rings (SSSR count). The number of hydrogen-bond acceptors (Lipinski definition) is 2. The minimum atomic E-state index is -0.228. The molecule has 0 spiro atoms. The monoisotopic (exact) mass is 190 g/mol. The number of nitrogens with zero attached hydrogens (tertiary/aromatic N) is 1. The lowest BCUT2D eigenvalue weighted by Crippen LogP contribution is -2.39. The van der Waals surface area contributed by atoms with Gasteiger partial charge in [0.1, 0.15) is 5.75 Å². The molecular formula is C10H10N2O2. The van der Waals surface area contributed by atoms with E-state index in [0.29, 0.717) is 12.2 Å². The molecule has 0 unspecified atom stereocenters. The smallest absolute Gasteiger partial charge is 0.326 e. The normalized spacial score (nSPS) is 15.4. The summed E-state index contributed by atoms with van der Waals surface area (Å²) in [5.41, 5.74) is 0.487. The van der Waals surface area contributed by atoms with Crippen molar-refractivity contribution < 1.29 is 9.90 Å². The zero-order valence-electron chi connectivity index (χ0n) is 7.47. The summed E-state index contributed by atoms with van der Waals surface area (Å²) in [4.78, 5) is 12.8. The molecule has 2 N–H and O–H groups in total. The second-order valence-corrected chi connectivity index (χ2v) is 2.93. The molecule has 0 atom stereocenters. The van der Waals surface area contributed by atoms with E-state index in [1.54, 1.807) is 30.5 Å². The van der Waals surface area contributed by atoms with Crippen LogP contribution in [0.4, 0.5) is 10.5 Å². The highest BCUT2D eigenvalue weighted by atomic mass is 16.3. The predicted molar refractivity (Wildman–Crippen MR) is 53.1 cm³/mol. The summed E-state index contributed by atoms with van der Waals surface area (Å²) >= 11 is 0. The molecule has 14 heavy (non-hydrogen) atoms. The van der Waals surface area contributed by atoms with Gasteiger partial charge in [-0.15, -0.1) is 0 Å². The van der Waals surface area contributed by atoms with E-state index in [1.807, 2.05) is 6.08 Å². The van der Waals surface area contributed by atoms with Crippen LogP contribution in [0, 0.1) is 0 Å². The lowest BCUT2D eigenvalue weighted by atomic mass is 10.2. The molecule has 0 fully saturated rings. The quantitative estimate of drug-likeness (QED) is 0.704. The van der Waals surface area contributed by atoms with Crippen molar-refractivity contribution >= 4 is 11.7 Å². The van der Waals surface area contributed by atoms with Gasteiger partial charge in [0.25, 0.3) is 0 Å². The first kappa shape index (κ1) is 8.62. The van der Waals surface area contributed by atoms with Gasteiger partial charge < -0.3 is 10.4 Å². The number of anilines is 1. The summed E-state index contributed by atoms with van der Waals surface area (Å²) < 4.78 is 0. The van der Waals surface area contributed by atoms with E-state index >= 15 is 0 Å². The number of carbonyl (C=O) groups excluding carboxylic acids is 1. The van der Waals surface area contributed by atoms with E-state index in [2.05, 4.69) is 5.32 Å². The number of amides is 2. The second kappa shape index (κ2) is 3.41. The molecule has 1 aliphatic rings. The highest BCUT2D eigenvalue weighted by Crippen LogP contribution is 2.27. The Morgan fingerprint density at radius 3 is 2.86 bits per heavy atom. The van der Waals surface area contributed by atoms with Crippen molar-refractivity contribution in [2.24, 2.45) is 0 Å². The molecule has 0 bridgehead atoms. The number of phenolic OH excluding ortho intramolecular Hbond substituents is 1. The lowest BCUT2D eigenvalue weighted by Gasteiger charge is -2.22. The van der Waals surface area contributed by atoms with Gasteiger partial charge in [-0.25, -0.2) is 4.79 Å². The Kier molecular flexibility index (Phi) is 2.10. The fourth-order valence-electron chi connectivity index (χ4n) is 1.31. The minimum absolute atomic E-state index is 0.0919.